The molecule has 2 amide bonds. The van der Waals surface area contributed by atoms with Crippen molar-refractivity contribution in [3.8, 4) is 5.75 Å². The highest BCUT2D eigenvalue weighted by Gasteiger charge is 2.31. The molecule has 8 nitrogen and oxygen atoms in total. The maximum absolute atomic E-state index is 13.5. The Hall–Kier alpha value is -3.07. The van der Waals surface area contributed by atoms with E-state index in [-0.39, 0.29) is 12.5 Å². The Bertz CT molecular complexity index is 1050. The lowest BCUT2D eigenvalue weighted by Crippen LogP contribution is -2.52. The minimum Gasteiger partial charge on any atom is -0.497 e. The molecule has 33 heavy (non-hydrogen) atoms. The number of aryl methyl sites for hydroxylation is 1. The normalized spacial score (nSPS) is 12.0. The number of carbonyl (C=O) groups is 2. The molecule has 1 unspecified atom stereocenters. The highest BCUT2D eigenvalue weighted by Crippen LogP contribution is 2.21. The van der Waals surface area contributed by atoms with Crippen molar-refractivity contribution in [3.63, 3.8) is 0 Å². The van der Waals surface area contributed by atoms with Crippen molar-refractivity contribution in [1.29, 1.82) is 0 Å². The van der Waals surface area contributed by atoms with Crippen LogP contribution in [0, 0.1) is 6.92 Å². The summed E-state index contributed by atoms with van der Waals surface area (Å²) in [6.07, 6.45) is 1.45. The third-order valence-corrected chi connectivity index (χ3v) is 6.36. The molecule has 2 aromatic rings. The smallest absolute Gasteiger partial charge is 0.244 e. The first-order valence-corrected chi connectivity index (χ1v) is 12.7. The first kappa shape index (κ1) is 26.2. The van der Waals surface area contributed by atoms with E-state index in [2.05, 4.69) is 5.32 Å². The number of anilines is 1. The third-order valence-electron chi connectivity index (χ3n) is 5.22. The summed E-state index contributed by atoms with van der Waals surface area (Å²) in [7, 11) is -2.17. The summed E-state index contributed by atoms with van der Waals surface area (Å²) in [5.41, 5.74) is 2.08. The van der Waals surface area contributed by atoms with Gasteiger partial charge in [0, 0.05) is 13.1 Å². The zero-order valence-corrected chi connectivity index (χ0v) is 20.7. The van der Waals surface area contributed by atoms with E-state index in [4.69, 9.17) is 4.74 Å². The molecule has 9 heteroatoms. The number of amides is 2. The lowest BCUT2D eigenvalue weighted by Gasteiger charge is -2.32. The van der Waals surface area contributed by atoms with Gasteiger partial charge in [-0.1, -0.05) is 31.2 Å². The van der Waals surface area contributed by atoms with E-state index >= 15 is 0 Å². The van der Waals surface area contributed by atoms with Gasteiger partial charge >= 0.3 is 0 Å². The van der Waals surface area contributed by atoms with Crippen LogP contribution in [0.15, 0.2) is 48.5 Å². The highest BCUT2D eigenvalue weighted by atomic mass is 32.2. The van der Waals surface area contributed by atoms with Crippen molar-refractivity contribution in [2.24, 2.45) is 0 Å². The zero-order valence-electron chi connectivity index (χ0n) is 19.9. The Balaban J connectivity index is 2.42. The van der Waals surface area contributed by atoms with Gasteiger partial charge in [0.05, 0.1) is 19.1 Å². The van der Waals surface area contributed by atoms with Crippen molar-refractivity contribution in [3.05, 3.63) is 59.7 Å². The molecule has 1 N–H and O–H groups in total. The second-order valence-electron chi connectivity index (χ2n) is 7.80. The number of nitrogens with one attached hydrogen (secondary N) is 1. The molecule has 2 rings (SSSR count). The molecule has 0 aliphatic rings. The number of hydrogen-bond donors (Lipinski definition) is 1. The summed E-state index contributed by atoms with van der Waals surface area (Å²) in [5.74, 6) is -0.0609. The van der Waals surface area contributed by atoms with Crippen LogP contribution < -0.4 is 14.4 Å². The molecule has 0 aliphatic carbocycles. The zero-order chi connectivity index (χ0) is 24.6. The van der Waals surface area contributed by atoms with Crippen LogP contribution in [-0.4, -0.2) is 57.6 Å². The van der Waals surface area contributed by atoms with Gasteiger partial charge < -0.3 is 15.0 Å². The summed E-state index contributed by atoms with van der Waals surface area (Å²) >= 11 is 0. The van der Waals surface area contributed by atoms with Crippen molar-refractivity contribution in [2.45, 2.75) is 39.8 Å². The van der Waals surface area contributed by atoms with Gasteiger partial charge in [-0.3, -0.25) is 13.9 Å². The molecular weight excluding hydrogens is 442 g/mol. The van der Waals surface area contributed by atoms with Crippen LogP contribution in [0.5, 0.6) is 5.75 Å². The number of sulfonamides is 1. The first-order valence-electron chi connectivity index (χ1n) is 10.8. The summed E-state index contributed by atoms with van der Waals surface area (Å²) < 4.78 is 31.4. The van der Waals surface area contributed by atoms with Crippen molar-refractivity contribution >= 4 is 27.5 Å². The van der Waals surface area contributed by atoms with Crippen LogP contribution in [0.2, 0.25) is 0 Å². The van der Waals surface area contributed by atoms with Gasteiger partial charge in [-0.05, 0) is 55.7 Å². The fourth-order valence-corrected chi connectivity index (χ4v) is 4.38. The molecule has 0 spiro atoms. The number of ether oxygens (including phenoxy) is 1. The maximum Gasteiger partial charge on any atom is 0.244 e. The number of methoxy groups -OCH3 is 1. The van der Waals surface area contributed by atoms with Gasteiger partial charge in [0.2, 0.25) is 21.8 Å². The molecule has 0 aromatic heterocycles. The predicted octanol–water partition coefficient (Wildman–Crippen LogP) is 2.71. The van der Waals surface area contributed by atoms with Crippen LogP contribution >= 0.6 is 0 Å². The Labute approximate surface area is 196 Å². The Morgan fingerprint density at radius 3 is 2.27 bits per heavy atom. The highest BCUT2D eigenvalue weighted by molar-refractivity contribution is 7.92. The standard InChI is InChI=1S/C24H33N3O5S/c1-6-22(24(29)25-7-2)26(16-19-11-13-21(32-4)14-12-19)23(28)17-27(33(5,30)31)20-10-8-9-18(3)15-20/h8-15,22H,6-7,16-17H2,1-5H3,(H,25,29). The molecular formula is C24H33N3O5S. The van der Waals surface area contributed by atoms with Crippen molar-refractivity contribution < 1.29 is 22.7 Å². The molecule has 1 atom stereocenters. The number of carbonyl (C=O) groups excluding carboxylic acids is 2. The topological polar surface area (TPSA) is 96.0 Å². The SMILES string of the molecule is CCNC(=O)C(CC)N(Cc1ccc(OC)cc1)C(=O)CN(c1cccc(C)c1)S(C)(=O)=O. The average molecular weight is 476 g/mol. The van der Waals surface area contributed by atoms with E-state index < -0.39 is 28.5 Å². The fourth-order valence-electron chi connectivity index (χ4n) is 3.54. The van der Waals surface area contributed by atoms with E-state index in [9.17, 15) is 18.0 Å². The first-order chi connectivity index (χ1) is 15.6. The lowest BCUT2D eigenvalue weighted by molar-refractivity contribution is -0.140. The second-order valence-corrected chi connectivity index (χ2v) is 9.70. The van der Waals surface area contributed by atoms with Crippen LogP contribution in [0.1, 0.15) is 31.4 Å². The number of hydrogen-bond acceptors (Lipinski definition) is 5. The Morgan fingerprint density at radius 1 is 1.09 bits per heavy atom. The van der Waals surface area contributed by atoms with Crippen LogP contribution in [0.4, 0.5) is 5.69 Å². The third kappa shape index (κ3) is 7.21. The van der Waals surface area contributed by atoms with E-state index in [1.807, 2.05) is 39.0 Å². The van der Waals surface area contributed by atoms with Crippen LogP contribution in [0.3, 0.4) is 0 Å². The van der Waals surface area contributed by atoms with Gasteiger partial charge in [-0.25, -0.2) is 8.42 Å². The second kappa shape index (κ2) is 11.7. The summed E-state index contributed by atoms with van der Waals surface area (Å²) in [6, 6.07) is 13.4. The molecule has 0 bridgehead atoms. The molecule has 180 valence electrons. The number of benzene rings is 2. The molecule has 0 radical (unpaired) electrons. The predicted molar refractivity (Wildman–Crippen MR) is 130 cm³/mol. The van der Waals surface area contributed by atoms with E-state index in [0.717, 1.165) is 21.7 Å². The Kier molecular flexibility index (Phi) is 9.28. The number of rotatable bonds is 11. The van der Waals surface area contributed by atoms with Gasteiger partial charge in [0.1, 0.15) is 18.3 Å². The number of likely N-dealkylation sites (N-methyl/N-ethyl adjacent to an activating group) is 1. The number of nitrogens with zero attached hydrogens (tertiary/aromatic N) is 2. The summed E-state index contributed by atoms with van der Waals surface area (Å²) in [6.45, 7) is 5.66. The summed E-state index contributed by atoms with van der Waals surface area (Å²) in [4.78, 5) is 27.7. The van der Waals surface area contributed by atoms with Crippen molar-refractivity contribution in [1.82, 2.24) is 10.2 Å². The lowest BCUT2D eigenvalue weighted by atomic mass is 10.1. The van der Waals surface area contributed by atoms with Crippen molar-refractivity contribution in [2.75, 3.05) is 30.8 Å². The summed E-state index contributed by atoms with van der Waals surface area (Å²) in [5, 5.41) is 2.77. The fraction of sp³-hybridized carbons (Fsp3) is 0.417. The molecule has 2 aromatic carbocycles. The average Bonchev–Trinajstić information content (AvgIpc) is 2.77. The maximum atomic E-state index is 13.5. The largest absolute Gasteiger partial charge is 0.497 e. The van der Waals surface area contributed by atoms with Gasteiger partial charge in [-0.15, -0.1) is 0 Å². The van der Waals surface area contributed by atoms with Gasteiger partial charge in [0.15, 0.2) is 0 Å². The van der Waals surface area contributed by atoms with Gasteiger partial charge in [-0.2, -0.15) is 0 Å². The quantitative estimate of drug-likeness (QED) is 0.539. The van der Waals surface area contributed by atoms with Gasteiger partial charge in [0.25, 0.3) is 0 Å². The van der Waals surface area contributed by atoms with E-state index in [1.165, 1.54) is 4.90 Å². The molecule has 0 saturated carbocycles. The molecule has 0 heterocycles. The van der Waals surface area contributed by atoms with E-state index in [1.54, 1.807) is 37.4 Å². The van der Waals surface area contributed by atoms with E-state index in [0.29, 0.717) is 24.4 Å². The minimum atomic E-state index is -3.74. The Morgan fingerprint density at radius 2 is 1.76 bits per heavy atom. The molecule has 0 fully saturated rings. The van der Waals surface area contributed by atoms with Crippen LogP contribution in [-0.2, 0) is 26.2 Å². The monoisotopic (exact) mass is 475 g/mol. The molecule has 0 saturated heterocycles. The minimum absolute atomic E-state index is 0.157. The molecule has 0 aliphatic heterocycles. The van der Waals surface area contributed by atoms with Crippen LogP contribution in [0.25, 0.3) is 0 Å².